The highest BCUT2D eigenvalue weighted by molar-refractivity contribution is 5.83. The predicted octanol–water partition coefficient (Wildman–Crippen LogP) is 0.994. The monoisotopic (exact) mass is 232 g/mol. The second kappa shape index (κ2) is 4.37. The number of hydrogen-bond acceptors (Lipinski definition) is 4. The summed E-state index contributed by atoms with van der Waals surface area (Å²) in [4.78, 5) is 27.2. The molecule has 1 aromatic carbocycles. The van der Waals surface area contributed by atoms with Crippen LogP contribution in [-0.4, -0.2) is 22.4 Å². The van der Waals surface area contributed by atoms with Crippen molar-refractivity contribution in [1.29, 1.82) is 0 Å². The fourth-order valence-corrected chi connectivity index (χ4v) is 1.68. The number of ketones is 1. The molecule has 1 heterocycles. The highest BCUT2D eigenvalue weighted by Gasteiger charge is 2.08. The standard InChI is InChI=1S/C12H12N2O3/c1-8(15)6-14-7-13-11-9(12(14)16)4-3-5-10(11)17-2/h3-5,7H,6H2,1-2H3. The minimum Gasteiger partial charge on any atom is -0.494 e. The molecule has 0 fully saturated rings. The Morgan fingerprint density at radius 2 is 2.24 bits per heavy atom. The van der Waals surface area contributed by atoms with Crippen LogP contribution in [-0.2, 0) is 11.3 Å². The van der Waals surface area contributed by atoms with Gasteiger partial charge in [-0.2, -0.15) is 0 Å². The maximum atomic E-state index is 12.0. The summed E-state index contributed by atoms with van der Waals surface area (Å²) in [6, 6.07) is 5.14. The number of ether oxygens (including phenoxy) is 1. The lowest BCUT2D eigenvalue weighted by atomic mass is 10.2. The lowest BCUT2D eigenvalue weighted by Crippen LogP contribution is -2.23. The third kappa shape index (κ3) is 2.04. The van der Waals surface area contributed by atoms with E-state index in [2.05, 4.69) is 4.98 Å². The van der Waals surface area contributed by atoms with Crippen molar-refractivity contribution >= 4 is 16.7 Å². The fraction of sp³-hybridized carbons (Fsp3) is 0.250. The quantitative estimate of drug-likeness (QED) is 0.791. The van der Waals surface area contributed by atoms with Gasteiger partial charge in [-0.05, 0) is 19.1 Å². The molecule has 0 aliphatic heterocycles. The molecule has 0 aliphatic carbocycles. The fourth-order valence-electron chi connectivity index (χ4n) is 1.68. The molecule has 5 nitrogen and oxygen atoms in total. The van der Waals surface area contributed by atoms with E-state index >= 15 is 0 Å². The summed E-state index contributed by atoms with van der Waals surface area (Å²) in [6.45, 7) is 1.47. The summed E-state index contributed by atoms with van der Waals surface area (Å²) in [7, 11) is 1.53. The van der Waals surface area contributed by atoms with Crippen molar-refractivity contribution in [2.75, 3.05) is 7.11 Å². The van der Waals surface area contributed by atoms with Crippen LogP contribution in [0.15, 0.2) is 29.3 Å². The van der Waals surface area contributed by atoms with E-state index in [0.717, 1.165) is 0 Å². The van der Waals surface area contributed by atoms with Gasteiger partial charge >= 0.3 is 0 Å². The molecule has 0 N–H and O–H groups in total. The van der Waals surface area contributed by atoms with Crippen molar-refractivity contribution in [2.24, 2.45) is 0 Å². The van der Waals surface area contributed by atoms with Gasteiger partial charge in [-0.15, -0.1) is 0 Å². The lowest BCUT2D eigenvalue weighted by molar-refractivity contribution is -0.117. The lowest BCUT2D eigenvalue weighted by Gasteiger charge is -2.06. The molecule has 0 unspecified atom stereocenters. The first-order valence-corrected chi connectivity index (χ1v) is 5.15. The van der Waals surface area contributed by atoms with Crippen molar-refractivity contribution in [3.05, 3.63) is 34.9 Å². The molecule has 1 aromatic heterocycles. The Bertz CT molecular complexity index is 631. The number of carbonyl (C=O) groups is 1. The first kappa shape index (κ1) is 11.3. The van der Waals surface area contributed by atoms with E-state index in [1.165, 1.54) is 24.9 Å². The zero-order chi connectivity index (χ0) is 12.4. The van der Waals surface area contributed by atoms with E-state index in [4.69, 9.17) is 4.74 Å². The van der Waals surface area contributed by atoms with E-state index in [-0.39, 0.29) is 17.9 Å². The molecule has 0 bridgehead atoms. The summed E-state index contributed by atoms with van der Waals surface area (Å²) >= 11 is 0. The van der Waals surface area contributed by atoms with E-state index in [1.807, 2.05) is 0 Å². The van der Waals surface area contributed by atoms with Crippen LogP contribution in [0, 0.1) is 0 Å². The molecule has 5 heteroatoms. The van der Waals surface area contributed by atoms with Gasteiger partial charge in [0.25, 0.3) is 5.56 Å². The average molecular weight is 232 g/mol. The zero-order valence-corrected chi connectivity index (χ0v) is 9.64. The van der Waals surface area contributed by atoms with Crippen molar-refractivity contribution < 1.29 is 9.53 Å². The molecular weight excluding hydrogens is 220 g/mol. The maximum absolute atomic E-state index is 12.0. The molecule has 0 atom stereocenters. The molecule has 0 saturated heterocycles. The van der Waals surface area contributed by atoms with Crippen LogP contribution >= 0.6 is 0 Å². The third-order valence-corrected chi connectivity index (χ3v) is 2.43. The number of Topliss-reactive ketones (excluding diaryl/α,β-unsaturated/α-hetero) is 1. The smallest absolute Gasteiger partial charge is 0.261 e. The second-order valence-corrected chi connectivity index (χ2v) is 3.74. The van der Waals surface area contributed by atoms with Crippen molar-refractivity contribution in [1.82, 2.24) is 9.55 Å². The Balaban J connectivity index is 2.68. The summed E-state index contributed by atoms with van der Waals surface area (Å²) in [5, 5.41) is 0.452. The highest BCUT2D eigenvalue weighted by Crippen LogP contribution is 2.19. The first-order valence-electron chi connectivity index (χ1n) is 5.15. The average Bonchev–Trinajstić information content (AvgIpc) is 2.31. The number of para-hydroxylation sites is 1. The largest absolute Gasteiger partial charge is 0.494 e. The van der Waals surface area contributed by atoms with Gasteiger partial charge in [0.05, 0.1) is 25.4 Å². The number of carbonyl (C=O) groups excluding carboxylic acids is 1. The Hall–Kier alpha value is -2.17. The number of fused-ring (bicyclic) bond motifs is 1. The SMILES string of the molecule is COc1cccc2c(=O)n(CC(C)=O)cnc12. The van der Waals surface area contributed by atoms with E-state index in [0.29, 0.717) is 16.7 Å². The highest BCUT2D eigenvalue weighted by atomic mass is 16.5. The minimum atomic E-state index is -0.232. The topological polar surface area (TPSA) is 61.2 Å². The van der Waals surface area contributed by atoms with Crippen molar-refractivity contribution in [3.8, 4) is 5.75 Å². The first-order chi connectivity index (χ1) is 8.13. The molecule has 88 valence electrons. The molecule has 17 heavy (non-hydrogen) atoms. The van der Waals surface area contributed by atoms with Gasteiger partial charge in [-0.3, -0.25) is 14.2 Å². The second-order valence-electron chi connectivity index (χ2n) is 3.74. The summed E-state index contributed by atoms with van der Waals surface area (Å²) in [6.07, 6.45) is 1.37. The van der Waals surface area contributed by atoms with Gasteiger partial charge in [0.2, 0.25) is 0 Å². The van der Waals surface area contributed by atoms with Crippen LogP contribution in [0.1, 0.15) is 6.92 Å². The van der Waals surface area contributed by atoms with Crippen LogP contribution in [0.5, 0.6) is 5.75 Å². The van der Waals surface area contributed by atoms with Gasteiger partial charge in [-0.1, -0.05) is 6.07 Å². The van der Waals surface area contributed by atoms with Gasteiger partial charge in [-0.25, -0.2) is 4.98 Å². The van der Waals surface area contributed by atoms with Crippen LogP contribution in [0.2, 0.25) is 0 Å². The van der Waals surface area contributed by atoms with Crippen molar-refractivity contribution in [3.63, 3.8) is 0 Å². The molecule has 0 spiro atoms. The summed E-state index contributed by atoms with van der Waals surface area (Å²) in [5.41, 5.74) is 0.281. The number of hydrogen-bond donors (Lipinski definition) is 0. The minimum absolute atomic E-state index is 0.0407. The molecule has 2 rings (SSSR count). The molecule has 0 amide bonds. The number of benzene rings is 1. The van der Waals surface area contributed by atoms with E-state index in [9.17, 15) is 9.59 Å². The van der Waals surface area contributed by atoms with E-state index < -0.39 is 0 Å². The van der Waals surface area contributed by atoms with Crippen LogP contribution in [0.25, 0.3) is 10.9 Å². The van der Waals surface area contributed by atoms with Gasteiger partial charge in [0.15, 0.2) is 0 Å². The molecule has 0 radical (unpaired) electrons. The molecule has 2 aromatic rings. The number of aromatic nitrogens is 2. The van der Waals surface area contributed by atoms with Gasteiger partial charge in [0, 0.05) is 0 Å². The van der Waals surface area contributed by atoms with Crippen molar-refractivity contribution in [2.45, 2.75) is 13.5 Å². The van der Waals surface area contributed by atoms with Gasteiger partial charge < -0.3 is 4.74 Å². The maximum Gasteiger partial charge on any atom is 0.261 e. The number of nitrogens with zero attached hydrogens (tertiary/aromatic N) is 2. The normalized spacial score (nSPS) is 10.5. The number of methoxy groups -OCH3 is 1. The third-order valence-electron chi connectivity index (χ3n) is 2.43. The Morgan fingerprint density at radius 1 is 1.47 bits per heavy atom. The van der Waals surface area contributed by atoms with Gasteiger partial charge in [0.1, 0.15) is 17.0 Å². The van der Waals surface area contributed by atoms with E-state index in [1.54, 1.807) is 18.2 Å². The van der Waals surface area contributed by atoms with Crippen LogP contribution < -0.4 is 10.3 Å². The Morgan fingerprint density at radius 3 is 2.88 bits per heavy atom. The van der Waals surface area contributed by atoms with Crippen LogP contribution in [0.3, 0.4) is 0 Å². The Labute approximate surface area is 97.7 Å². The molecular formula is C12H12N2O3. The molecule has 0 aliphatic rings. The van der Waals surface area contributed by atoms with Crippen LogP contribution in [0.4, 0.5) is 0 Å². The number of rotatable bonds is 3. The molecule has 0 saturated carbocycles. The summed E-state index contributed by atoms with van der Waals surface area (Å²) in [5.74, 6) is 0.464. The summed E-state index contributed by atoms with van der Waals surface area (Å²) < 4.78 is 6.42. The zero-order valence-electron chi connectivity index (χ0n) is 9.64. The predicted molar refractivity (Wildman–Crippen MR) is 63.2 cm³/mol. The Kier molecular flexibility index (Phi) is 2.91.